The summed E-state index contributed by atoms with van der Waals surface area (Å²) in [5, 5.41) is 9.82. The van der Waals surface area contributed by atoms with Crippen LogP contribution in [0.3, 0.4) is 0 Å². The summed E-state index contributed by atoms with van der Waals surface area (Å²) in [7, 11) is 0. The minimum absolute atomic E-state index is 0.236. The number of anilines is 1. The molecule has 1 heterocycles. The van der Waals surface area contributed by atoms with E-state index in [1.54, 1.807) is 0 Å². The number of carbonyl (C=O) groups is 1. The van der Waals surface area contributed by atoms with E-state index < -0.39 is 6.04 Å². The fourth-order valence-corrected chi connectivity index (χ4v) is 1.19. The molecule has 0 aromatic carbocycles. The van der Waals surface area contributed by atoms with Crippen LogP contribution in [0.25, 0.3) is 0 Å². The van der Waals surface area contributed by atoms with Crippen molar-refractivity contribution in [2.75, 3.05) is 5.32 Å². The Labute approximate surface area is 79.7 Å². The first-order valence-corrected chi connectivity index (χ1v) is 4.73. The van der Waals surface area contributed by atoms with Crippen LogP contribution in [0.15, 0.2) is 0 Å². The Morgan fingerprint density at radius 2 is 2.54 bits per heavy atom. The van der Waals surface area contributed by atoms with Gasteiger partial charge in [-0.25, -0.2) is 0 Å². The van der Waals surface area contributed by atoms with Gasteiger partial charge in [-0.05, 0) is 11.6 Å². The van der Waals surface area contributed by atoms with E-state index in [4.69, 9.17) is 5.73 Å². The van der Waals surface area contributed by atoms with Gasteiger partial charge < -0.3 is 5.73 Å². The highest BCUT2D eigenvalue weighted by atomic mass is 32.1. The van der Waals surface area contributed by atoms with Crippen molar-refractivity contribution >= 4 is 22.6 Å². The normalized spacial score (nSPS) is 12.5. The van der Waals surface area contributed by atoms with Crippen molar-refractivity contribution in [1.29, 1.82) is 0 Å². The van der Waals surface area contributed by atoms with Gasteiger partial charge in [0.15, 0.2) is 0 Å². The van der Waals surface area contributed by atoms with Crippen molar-refractivity contribution in [2.24, 2.45) is 5.73 Å². The zero-order valence-corrected chi connectivity index (χ0v) is 8.04. The van der Waals surface area contributed by atoms with Crippen LogP contribution in [-0.4, -0.2) is 26.7 Å². The number of rotatable bonds is 4. The first-order chi connectivity index (χ1) is 6.24. The van der Waals surface area contributed by atoms with Crippen molar-refractivity contribution in [1.82, 2.24) is 14.8 Å². The highest BCUT2D eigenvalue weighted by molar-refractivity contribution is 7.09. The number of nitrogens with two attached hydrogens (primary N) is 1. The van der Waals surface area contributed by atoms with Crippen LogP contribution < -0.4 is 11.1 Å². The maximum absolute atomic E-state index is 11.3. The van der Waals surface area contributed by atoms with Crippen molar-refractivity contribution in [3.05, 3.63) is 0 Å². The van der Waals surface area contributed by atoms with Gasteiger partial charge in [0.25, 0.3) is 0 Å². The van der Waals surface area contributed by atoms with Crippen LogP contribution in [0, 0.1) is 0 Å². The Bertz CT molecular complexity index is 262. The van der Waals surface area contributed by atoms with Gasteiger partial charge in [0.05, 0.1) is 6.04 Å². The largest absolute Gasteiger partial charge is 0.320 e. The molecule has 7 heteroatoms. The Kier molecular flexibility index (Phi) is 3.71. The molecule has 72 valence electrons. The lowest BCUT2D eigenvalue weighted by molar-refractivity contribution is -0.117. The van der Waals surface area contributed by atoms with E-state index in [9.17, 15) is 4.79 Å². The summed E-state index contributed by atoms with van der Waals surface area (Å²) in [6, 6.07) is -0.478. The third-order valence-corrected chi connectivity index (χ3v) is 1.98. The van der Waals surface area contributed by atoms with Crippen molar-refractivity contribution < 1.29 is 4.79 Å². The predicted molar refractivity (Wildman–Crippen MR) is 49.2 cm³/mol. The van der Waals surface area contributed by atoms with Gasteiger partial charge in [-0.3, -0.25) is 10.1 Å². The predicted octanol–water partition coefficient (Wildman–Crippen LogP) is -0.00100. The molecule has 1 aromatic heterocycles. The van der Waals surface area contributed by atoms with Gasteiger partial charge in [-0.1, -0.05) is 22.9 Å². The molecular weight excluding hydrogens is 190 g/mol. The number of hydrogen-bond acceptors (Lipinski definition) is 6. The van der Waals surface area contributed by atoms with E-state index in [1.165, 1.54) is 0 Å². The highest BCUT2D eigenvalue weighted by Gasteiger charge is 2.13. The fraction of sp³-hybridized carbons (Fsp3) is 0.667. The second kappa shape index (κ2) is 4.83. The molecule has 6 nitrogen and oxygen atoms in total. The van der Waals surface area contributed by atoms with Gasteiger partial charge >= 0.3 is 0 Å². The Hall–Kier alpha value is -1.08. The zero-order valence-electron chi connectivity index (χ0n) is 7.23. The summed E-state index contributed by atoms with van der Waals surface area (Å²) < 4.78 is 3.51. The summed E-state index contributed by atoms with van der Waals surface area (Å²) in [5.41, 5.74) is 5.57. The van der Waals surface area contributed by atoms with Crippen LogP contribution in [0.5, 0.6) is 0 Å². The number of amides is 1. The summed E-state index contributed by atoms with van der Waals surface area (Å²) >= 11 is 1.03. The summed E-state index contributed by atoms with van der Waals surface area (Å²) in [5.74, 6) is -0.236. The van der Waals surface area contributed by atoms with Crippen LogP contribution in [0.2, 0.25) is 0 Å². The lowest BCUT2D eigenvalue weighted by Crippen LogP contribution is -2.35. The van der Waals surface area contributed by atoms with E-state index in [-0.39, 0.29) is 5.91 Å². The van der Waals surface area contributed by atoms with Crippen molar-refractivity contribution in [3.63, 3.8) is 0 Å². The van der Waals surface area contributed by atoms with Gasteiger partial charge in [0, 0.05) is 11.5 Å². The Balaban J connectivity index is 2.41. The van der Waals surface area contributed by atoms with Gasteiger partial charge in [-0.2, -0.15) is 0 Å². The van der Waals surface area contributed by atoms with Crippen LogP contribution in [-0.2, 0) is 4.79 Å². The molecule has 0 radical (unpaired) electrons. The molecule has 3 N–H and O–H groups in total. The smallest absolute Gasteiger partial charge is 0.243 e. The van der Waals surface area contributed by atoms with Crippen LogP contribution >= 0.6 is 11.5 Å². The molecule has 0 aliphatic carbocycles. The maximum Gasteiger partial charge on any atom is 0.243 e. The van der Waals surface area contributed by atoms with E-state index in [0.717, 1.165) is 18.0 Å². The molecule has 1 aromatic rings. The fourth-order valence-electron chi connectivity index (χ4n) is 0.822. The second-order valence-corrected chi connectivity index (χ2v) is 3.28. The third kappa shape index (κ3) is 3.03. The van der Waals surface area contributed by atoms with Gasteiger partial charge in [0.2, 0.25) is 11.0 Å². The average molecular weight is 201 g/mol. The maximum atomic E-state index is 11.3. The minimum Gasteiger partial charge on any atom is -0.320 e. The molecule has 0 aliphatic rings. The SMILES string of the molecule is CCCC(N)C(=O)Nc1nnns1. The first-order valence-electron chi connectivity index (χ1n) is 3.95. The molecule has 0 saturated heterocycles. The Morgan fingerprint density at radius 3 is 3.08 bits per heavy atom. The molecule has 13 heavy (non-hydrogen) atoms. The minimum atomic E-state index is -0.478. The standard InChI is InChI=1S/C6H11N5OS/c1-2-3-4(7)5(12)8-6-9-10-11-13-6/h4H,2-3,7H2,1H3,(H,8,9,11,12). The summed E-state index contributed by atoms with van der Waals surface area (Å²) in [6.45, 7) is 1.97. The van der Waals surface area contributed by atoms with E-state index in [1.807, 2.05) is 6.92 Å². The molecule has 0 saturated carbocycles. The van der Waals surface area contributed by atoms with Gasteiger partial charge in [-0.15, -0.1) is 0 Å². The van der Waals surface area contributed by atoms with E-state index in [0.29, 0.717) is 11.6 Å². The number of nitrogens with one attached hydrogen (secondary N) is 1. The molecule has 1 atom stereocenters. The summed E-state index contributed by atoms with van der Waals surface area (Å²) in [6.07, 6.45) is 1.54. The molecular formula is C6H11N5OS. The van der Waals surface area contributed by atoms with Crippen molar-refractivity contribution in [2.45, 2.75) is 25.8 Å². The number of aromatic nitrogens is 3. The molecule has 0 aliphatic heterocycles. The first kappa shape index (κ1) is 10.0. The Morgan fingerprint density at radius 1 is 1.77 bits per heavy atom. The van der Waals surface area contributed by atoms with Crippen LogP contribution in [0.1, 0.15) is 19.8 Å². The molecule has 0 fully saturated rings. The highest BCUT2D eigenvalue weighted by Crippen LogP contribution is 2.05. The van der Waals surface area contributed by atoms with Gasteiger partial charge in [0.1, 0.15) is 0 Å². The third-order valence-electron chi connectivity index (χ3n) is 1.47. The molecule has 1 amide bonds. The summed E-state index contributed by atoms with van der Waals surface area (Å²) in [4.78, 5) is 11.3. The molecule has 1 unspecified atom stereocenters. The molecule has 1 rings (SSSR count). The lowest BCUT2D eigenvalue weighted by atomic mass is 10.2. The average Bonchev–Trinajstić information content (AvgIpc) is 2.57. The lowest BCUT2D eigenvalue weighted by Gasteiger charge is -2.07. The van der Waals surface area contributed by atoms with E-state index >= 15 is 0 Å². The molecule has 0 spiro atoms. The van der Waals surface area contributed by atoms with Crippen LogP contribution in [0.4, 0.5) is 5.13 Å². The molecule has 0 bridgehead atoms. The number of carbonyl (C=O) groups excluding carboxylic acids is 1. The zero-order chi connectivity index (χ0) is 9.68. The second-order valence-electron chi connectivity index (χ2n) is 2.55. The topological polar surface area (TPSA) is 93.8 Å². The van der Waals surface area contributed by atoms with E-state index in [2.05, 4.69) is 20.1 Å². The monoisotopic (exact) mass is 201 g/mol. The number of nitrogens with zero attached hydrogens (tertiary/aromatic N) is 3. The number of hydrogen-bond donors (Lipinski definition) is 2. The van der Waals surface area contributed by atoms with Crippen molar-refractivity contribution in [3.8, 4) is 0 Å². The quantitative estimate of drug-likeness (QED) is 0.715.